The Morgan fingerprint density at radius 2 is 2.00 bits per heavy atom. The van der Waals surface area contributed by atoms with Crippen molar-refractivity contribution in [2.75, 3.05) is 7.11 Å². The van der Waals surface area contributed by atoms with Crippen LogP contribution in [0.5, 0.6) is 0 Å². The van der Waals surface area contributed by atoms with E-state index >= 15 is 0 Å². The fourth-order valence-electron chi connectivity index (χ4n) is 2.12. The Morgan fingerprint density at radius 1 is 1.32 bits per heavy atom. The van der Waals surface area contributed by atoms with Gasteiger partial charge in [-0.25, -0.2) is 4.79 Å². The number of aromatic nitrogens is 1. The average Bonchev–Trinajstić information content (AvgIpc) is 2.89. The Morgan fingerprint density at radius 3 is 2.53 bits per heavy atom. The molecule has 0 aromatic carbocycles. The molecule has 2 aromatic rings. The number of esters is 1. The van der Waals surface area contributed by atoms with Gasteiger partial charge in [0.15, 0.2) is 6.29 Å². The topological polar surface area (TPSA) is 48.3 Å². The number of rotatable bonds is 3. The molecule has 0 bridgehead atoms. The first-order valence-corrected chi connectivity index (χ1v) is 6.64. The first kappa shape index (κ1) is 13.5. The van der Waals surface area contributed by atoms with Crippen molar-refractivity contribution in [1.82, 2.24) is 4.57 Å². The lowest BCUT2D eigenvalue weighted by Crippen LogP contribution is -1.99. The van der Waals surface area contributed by atoms with E-state index in [1.807, 2.05) is 37.5 Å². The Hall–Kier alpha value is -1.88. The van der Waals surface area contributed by atoms with Crippen LogP contribution in [0.2, 0.25) is 0 Å². The van der Waals surface area contributed by atoms with Gasteiger partial charge in [-0.2, -0.15) is 0 Å². The van der Waals surface area contributed by atoms with Crippen molar-refractivity contribution in [2.45, 2.75) is 20.8 Å². The molecular formula is C14H15NO3S. The van der Waals surface area contributed by atoms with Crippen LogP contribution in [0.4, 0.5) is 0 Å². The van der Waals surface area contributed by atoms with Gasteiger partial charge in [0.05, 0.1) is 7.11 Å². The molecule has 0 N–H and O–H groups in total. The van der Waals surface area contributed by atoms with Crippen LogP contribution in [0.25, 0.3) is 5.00 Å². The molecule has 100 valence electrons. The smallest absolute Gasteiger partial charge is 0.348 e. The second-order valence-electron chi connectivity index (χ2n) is 4.37. The molecule has 2 rings (SSSR count). The summed E-state index contributed by atoms with van der Waals surface area (Å²) < 4.78 is 6.73. The van der Waals surface area contributed by atoms with Gasteiger partial charge in [-0.1, -0.05) is 0 Å². The van der Waals surface area contributed by atoms with Crippen LogP contribution in [0.1, 0.15) is 37.0 Å². The summed E-state index contributed by atoms with van der Waals surface area (Å²) in [5.41, 5.74) is 3.52. The number of methoxy groups -OCH3 is 1. The maximum absolute atomic E-state index is 11.6. The number of hydrogen-bond donors (Lipinski definition) is 0. The lowest BCUT2D eigenvalue weighted by atomic mass is 10.3. The molecule has 4 nitrogen and oxygen atoms in total. The molecule has 2 aromatic heterocycles. The molecule has 19 heavy (non-hydrogen) atoms. The van der Waals surface area contributed by atoms with E-state index in [1.54, 1.807) is 0 Å². The molecule has 0 aliphatic heterocycles. The molecule has 0 saturated carbocycles. The quantitative estimate of drug-likeness (QED) is 0.640. The summed E-state index contributed by atoms with van der Waals surface area (Å²) in [5, 5.41) is 0.948. The Kier molecular flexibility index (Phi) is 3.57. The molecule has 2 heterocycles. The summed E-state index contributed by atoms with van der Waals surface area (Å²) in [7, 11) is 1.37. The molecule has 0 saturated heterocycles. The number of thiophene rings is 1. The van der Waals surface area contributed by atoms with E-state index < -0.39 is 0 Å². The SMILES string of the molecule is COC(=O)c1cc(C)c(-n2c(C)cc(C=O)c2C)s1. The number of carbonyl (C=O) groups is 2. The zero-order valence-electron chi connectivity index (χ0n) is 11.3. The monoisotopic (exact) mass is 277 g/mol. The molecule has 0 fully saturated rings. The summed E-state index contributed by atoms with van der Waals surface area (Å²) in [6.45, 7) is 5.78. The summed E-state index contributed by atoms with van der Waals surface area (Å²) in [6, 6.07) is 3.66. The maximum Gasteiger partial charge on any atom is 0.348 e. The lowest BCUT2D eigenvalue weighted by Gasteiger charge is -2.07. The highest BCUT2D eigenvalue weighted by Gasteiger charge is 2.17. The van der Waals surface area contributed by atoms with Crippen LogP contribution in [0.15, 0.2) is 12.1 Å². The summed E-state index contributed by atoms with van der Waals surface area (Å²) in [6.07, 6.45) is 0.850. The van der Waals surface area contributed by atoms with Crippen LogP contribution >= 0.6 is 11.3 Å². The largest absolute Gasteiger partial charge is 0.465 e. The minimum absolute atomic E-state index is 0.336. The predicted octanol–water partition coefficient (Wildman–Crippen LogP) is 3.06. The van der Waals surface area contributed by atoms with Crippen molar-refractivity contribution in [3.05, 3.63) is 39.5 Å². The fourth-order valence-corrected chi connectivity index (χ4v) is 3.32. The molecule has 5 heteroatoms. The van der Waals surface area contributed by atoms with Crippen molar-refractivity contribution >= 4 is 23.6 Å². The highest BCUT2D eigenvalue weighted by Crippen LogP contribution is 2.30. The van der Waals surface area contributed by atoms with Crippen LogP contribution in [0.3, 0.4) is 0 Å². The first-order chi connectivity index (χ1) is 8.99. The van der Waals surface area contributed by atoms with Gasteiger partial charge in [0.25, 0.3) is 0 Å². The van der Waals surface area contributed by atoms with Crippen LogP contribution in [0, 0.1) is 20.8 Å². The Bertz CT molecular complexity index is 652. The van der Waals surface area contributed by atoms with E-state index in [4.69, 9.17) is 4.74 Å². The second kappa shape index (κ2) is 5.01. The Balaban J connectivity index is 2.59. The number of carbonyl (C=O) groups excluding carboxylic acids is 2. The summed E-state index contributed by atoms with van der Waals surface area (Å²) >= 11 is 1.37. The number of aryl methyl sites for hydroxylation is 2. The highest BCUT2D eigenvalue weighted by atomic mass is 32.1. The van der Waals surface area contributed by atoms with E-state index in [1.165, 1.54) is 18.4 Å². The van der Waals surface area contributed by atoms with Gasteiger partial charge >= 0.3 is 5.97 Å². The molecule has 0 atom stereocenters. The van der Waals surface area contributed by atoms with E-state index in [9.17, 15) is 9.59 Å². The van der Waals surface area contributed by atoms with Gasteiger partial charge in [0.1, 0.15) is 9.88 Å². The van der Waals surface area contributed by atoms with Crippen molar-refractivity contribution in [3.63, 3.8) is 0 Å². The van der Waals surface area contributed by atoms with Crippen molar-refractivity contribution in [1.29, 1.82) is 0 Å². The summed E-state index contributed by atoms with van der Waals surface area (Å²) in [4.78, 5) is 23.1. The van der Waals surface area contributed by atoms with E-state index in [-0.39, 0.29) is 5.97 Å². The zero-order valence-corrected chi connectivity index (χ0v) is 12.1. The van der Waals surface area contributed by atoms with Gasteiger partial charge in [0.2, 0.25) is 0 Å². The molecule has 0 amide bonds. The van der Waals surface area contributed by atoms with Crippen LogP contribution < -0.4 is 0 Å². The minimum Gasteiger partial charge on any atom is -0.465 e. The third kappa shape index (κ3) is 2.21. The van der Waals surface area contributed by atoms with Gasteiger partial charge in [-0.05, 0) is 38.5 Å². The average molecular weight is 277 g/mol. The zero-order chi connectivity index (χ0) is 14.2. The third-order valence-corrected chi connectivity index (χ3v) is 4.28. The Labute approximate surface area is 115 Å². The first-order valence-electron chi connectivity index (χ1n) is 5.82. The lowest BCUT2D eigenvalue weighted by molar-refractivity contribution is 0.0606. The number of ether oxygens (including phenoxy) is 1. The molecule has 0 aliphatic rings. The highest BCUT2D eigenvalue weighted by molar-refractivity contribution is 7.16. The molecule has 0 spiro atoms. The van der Waals surface area contributed by atoms with Gasteiger partial charge in [0, 0.05) is 17.0 Å². The van der Waals surface area contributed by atoms with Crippen molar-refractivity contribution in [2.24, 2.45) is 0 Å². The van der Waals surface area contributed by atoms with Gasteiger partial charge in [-0.3, -0.25) is 4.79 Å². The maximum atomic E-state index is 11.6. The normalized spacial score (nSPS) is 10.5. The van der Waals surface area contributed by atoms with Crippen LogP contribution in [-0.4, -0.2) is 23.9 Å². The minimum atomic E-state index is -0.336. The van der Waals surface area contributed by atoms with E-state index in [2.05, 4.69) is 0 Å². The summed E-state index contributed by atoms with van der Waals surface area (Å²) in [5.74, 6) is -0.336. The van der Waals surface area contributed by atoms with Crippen molar-refractivity contribution < 1.29 is 14.3 Å². The second-order valence-corrected chi connectivity index (χ2v) is 5.40. The van der Waals surface area contributed by atoms with Gasteiger partial charge in [-0.15, -0.1) is 11.3 Å². The molecule has 0 aliphatic carbocycles. The molecule has 0 unspecified atom stereocenters. The molecule has 0 radical (unpaired) electrons. The molecular weight excluding hydrogens is 262 g/mol. The fraction of sp³-hybridized carbons (Fsp3) is 0.286. The van der Waals surface area contributed by atoms with Gasteiger partial charge < -0.3 is 9.30 Å². The number of nitrogens with zero attached hydrogens (tertiary/aromatic N) is 1. The third-order valence-electron chi connectivity index (χ3n) is 3.08. The number of hydrogen-bond acceptors (Lipinski definition) is 4. The standard InChI is InChI=1S/C14H15NO3S/c1-8-5-12(14(17)18-4)19-13(8)15-9(2)6-11(7-16)10(15)3/h5-7H,1-4H3. The van der Waals surface area contributed by atoms with E-state index in [0.717, 1.165) is 28.2 Å². The van der Waals surface area contributed by atoms with Crippen LogP contribution in [-0.2, 0) is 4.74 Å². The predicted molar refractivity (Wildman–Crippen MR) is 74.6 cm³/mol. The van der Waals surface area contributed by atoms with Crippen molar-refractivity contribution in [3.8, 4) is 5.00 Å². The number of aldehydes is 1. The van der Waals surface area contributed by atoms with E-state index in [0.29, 0.717) is 10.4 Å².